The van der Waals surface area contributed by atoms with E-state index in [2.05, 4.69) is 6.92 Å². The molecule has 0 saturated heterocycles. The first-order chi connectivity index (χ1) is 10.7. The third-order valence-electron chi connectivity index (χ3n) is 4.84. The van der Waals surface area contributed by atoms with Gasteiger partial charge in [0.1, 0.15) is 5.76 Å². The highest BCUT2D eigenvalue weighted by atomic mass is 19.1. The van der Waals surface area contributed by atoms with Crippen molar-refractivity contribution in [3.05, 3.63) is 29.8 Å². The highest BCUT2D eigenvalue weighted by Crippen LogP contribution is 2.42. The molecule has 0 bridgehead atoms. The van der Waals surface area contributed by atoms with Gasteiger partial charge < -0.3 is 9.15 Å². The largest absolute Gasteiger partial charge is 0.491 e. The van der Waals surface area contributed by atoms with Crippen molar-refractivity contribution in [2.75, 3.05) is 6.61 Å². The van der Waals surface area contributed by atoms with Crippen molar-refractivity contribution < 1.29 is 13.5 Å². The summed E-state index contributed by atoms with van der Waals surface area (Å²) in [5.41, 5.74) is 0.349. The van der Waals surface area contributed by atoms with E-state index in [9.17, 15) is 4.39 Å². The number of ether oxygens (including phenoxy) is 1. The number of halogens is 1. The van der Waals surface area contributed by atoms with Crippen LogP contribution < -0.4 is 4.74 Å². The van der Waals surface area contributed by atoms with Crippen LogP contribution in [0.2, 0.25) is 0 Å². The van der Waals surface area contributed by atoms with E-state index < -0.39 is 0 Å². The molecule has 1 aromatic heterocycles. The summed E-state index contributed by atoms with van der Waals surface area (Å²) in [7, 11) is 0. The van der Waals surface area contributed by atoms with E-state index in [-0.39, 0.29) is 11.6 Å². The Labute approximate surface area is 131 Å². The molecule has 1 aliphatic rings. The van der Waals surface area contributed by atoms with Crippen LogP contribution in [0.25, 0.3) is 11.0 Å². The summed E-state index contributed by atoms with van der Waals surface area (Å²) in [6.07, 6.45) is 7.41. The van der Waals surface area contributed by atoms with Gasteiger partial charge in [-0.05, 0) is 43.9 Å². The molecule has 120 valence electrons. The van der Waals surface area contributed by atoms with Gasteiger partial charge in [-0.25, -0.2) is 0 Å². The zero-order valence-corrected chi connectivity index (χ0v) is 13.5. The first-order valence-corrected chi connectivity index (χ1v) is 8.59. The summed E-state index contributed by atoms with van der Waals surface area (Å²) in [4.78, 5) is 0. The maximum atomic E-state index is 14.5. The summed E-state index contributed by atoms with van der Waals surface area (Å²) in [5.74, 6) is 1.99. The predicted octanol–water partition coefficient (Wildman–Crippen LogP) is 6.04. The van der Waals surface area contributed by atoms with Crippen molar-refractivity contribution in [3.8, 4) is 5.75 Å². The summed E-state index contributed by atoms with van der Waals surface area (Å²) in [6.45, 7) is 4.55. The molecule has 2 atom stereocenters. The molecular weight excluding hydrogens is 279 g/mol. The summed E-state index contributed by atoms with van der Waals surface area (Å²) in [5, 5.41) is 0.844. The molecular formula is C19H25FO2. The van der Waals surface area contributed by atoms with E-state index in [1.807, 2.05) is 19.1 Å². The number of benzene rings is 1. The van der Waals surface area contributed by atoms with Gasteiger partial charge in [-0.2, -0.15) is 4.39 Å². The number of fused-ring (bicyclic) bond motifs is 1. The third-order valence-corrected chi connectivity index (χ3v) is 4.84. The lowest BCUT2D eigenvalue weighted by molar-refractivity contribution is 0.260. The minimum absolute atomic E-state index is 0.282. The van der Waals surface area contributed by atoms with Crippen LogP contribution in [0.15, 0.2) is 22.6 Å². The Morgan fingerprint density at radius 1 is 1.23 bits per heavy atom. The smallest absolute Gasteiger partial charge is 0.208 e. The SMILES string of the molecule is CCCC1CCCCC1c1cc2ccc(OCC)c(F)c2o1. The molecule has 1 saturated carbocycles. The van der Waals surface area contributed by atoms with E-state index >= 15 is 0 Å². The lowest BCUT2D eigenvalue weighted by Crippen LogP contribution is -2.17. The van der Waals surface area contributed by atoms with Gasteiger partial charge in [-0.3, -0.25) is 0 Å². The fourth-order valence-corrected chi connectivity index (χ4v) is 3.82. The molecule has 1 heterocycles. The van der Waals surface area contributed by atoms with Crippen molar-refractivity contribution >= 4 is 11.0 Å². The van der Waals surface area contributed by atoms with Crippen molar-refractivity contribution in [2.45, 2.75) is 58.3 Å². The quantitative estimate of drug-likeness (QED) is 0.671. The first kappa shape index (κ1) is 15.4. The molecule has 1 aromatic carbocycles. The third kappa shape index (κ3) is 2.86. The van der Waals surface area contributed by atoms with Gasteiger partial charge in [0.05, 0.1) is 6.61 Å². The topological polar surface area (TPSA) is 22.4 Å². The monoisotopic (exact) mass is 304 g/mol. The Hall–Kier alpha value is -1.51. The Kier molecular flexibility index (Phi) is 4.70. The van der Waals surface area contributed by atoms with Crippen molar-refractivity contribution in [2.24, 2.45) is 5.92 Å². The van der Waals surface area contributed by atoms with E-state index in [4.69, 9.17) is 9.15 Å². The molecule has 0 aliphatic heterocycles. The highest BCUT2D eigenvalue weighted by Gasteiger charge is 2.29. The lowest BCUT2D eigenvalue weighted by atomic mass is 9.76. The van der Waals surface area contributed by atoms with Crippen LogP contribution in [0.4, 0.5) is 4.39 Å². The number of hydrogen-bond acceptors (Lipinski definition) is 2. The van der Waals surface area contributed by atoms with Crippen LogP contribution in [0.3, 0.4) is 0 Å². The molecule has 3 rings (SSSR count). The summed E-state index contributed by atoms with van der Waals surface area (Å²) < 4.78 is 25.7. The number of rotatable bonds is 5. The summed E-state index contributed by atoms with van der Waals surface area (Å²) >= 11 is 0. The van der Waals surface area contributed by atoms with Gasteiger partial charge in [0.2, 0.25) is 5.82 Å². The second kappa shape index (κ2) is 6.72. The second-order valence-corrected chi connectivity index (χ2v) is 6.32. The van der Waals surface area contributed by atoms with E-state index in [1.54, 1.807) is 6.07 Å². The fraction of sp³-hybridized carbons (Fsp3) is 0.579. The standard InChI is InChI=1S/C19H25FO2/c1-3-7-13-8-5-6-9-15(13)17-12-14-10-11-16(21-4-2)18(20)19(14)22-17/h10-13,15H,3-9H2,1-2H3. The molecule has 3 heteroatoms. The predicted molar refractivity (Wildman–Crippen MR) is 86.9 cm³/mol. The molecule has 0 radical (unpaired) electrons. The molecule has 0 spiro atoms. The van der Waals surface area contributed by atoms with Crippen molar-refractivity contribution in [3.63, 3.8) is 0 Å². The summed E-state index contributed by atoms with van der Waals surface area (Å²) in [6, 6.07) is 5.63. The number of hydrogen-bond donors (Lipinski definition) is 0. The Morgan fingerprint density at radius 2 is 2.05 bits per heavy atom. The van der Waals surface area contributed by atoms with Gasteiger partial charge in [0, 0.05) is 11.3 Å². The van der Waals surface area contributed by atoms with E-state index in [0.717, 1.165) is 17.6 Å². The average Bonchev–Trinajstić information content (AvgIpc) is 2.96. The average molecular weight is 304 g/mol. The molecule has 2 unspecified atom stereocenters. The highest BCUT2D eigenvalue weighted by molar-refractivity contribution is 5.80. The molecule has 1 fully saturated rings. The first-order valence-electron chi connectivity index (χ1n) is 8.59. The van der Waals surface area contributed by atoms with Gasteiger partial charge in [-0.1, -0.05) is 32.6 Å². The fourth-order valence-electron chi connectivity index (χ4n) is 3.82. The molecule has 2 aromatic rings. The molecule has 1 aliphatic carbocycles. The van der Waals surface area contributed by atoms with Crippen LogP contribution in [-0.2, 0) is 0 Å². The van der Waals surface area contributed by atoms with Crippen LogP contribution in [0, 0.1) is 11.7 Å². The zero-order chi connectivity index (χ0) is 15.5. The Morgan fingerprint density at radius 3 is 2.82 bits per heavy atom. The van der Waals surface area contributed by atoms with Crippen LogP contribution in [0.1, 0.15) is 64.1 Å². The minimum Gasteiger partial charge on any atom is -0.491 e. The van der Waals surface area contributed by atoms with Gasteiger partial charge >= 0.3 is 0 Å². The van der Waals surface area contributed by atoms with Crippen molar-refractivity contribution in [1.82, 2.24) is 0 Å². The minimum atomic E-state index is -0.367. The number of furan rings is 1. The van der Waals surface area contributed by atoms with Crippen LogP contribution in [0.5, 0.6) is 5.75 Å². The molecule has 2 nitrogen and oxygen atoms in total. The molecule has 0 N–H and O–H groups in total. The van der Waals surface area contributed by atoms with Gasteiger partial charge in [-0.15, -0.1) is 0 Å². The Bertz CT molecular complexity index is 630. The van der Waals surface area contributed by atoms with Crippen molar-refractivity contribution in [1.29, 1.82) is 0 Å². The molecule has 0 amide bonds. The van der Waals surface area contributed by atoms with Gasteiger partial charge in [0.15, 0.2) is 11.3 Å². The maximum absolute atomic E-state index is 14.5. The van der Waals surface area contributed by atoms with E-state index in [0.29, 0.717) is 24.0 Å². The van der Waals surface area contributed by atoms with Gasteiger partial charge in [0.25, 0.3) is 0 Å². The van der Waals surface area contributed by atoms with Crippen LogP contribution >= 0.6 is 0 Å². The van der Waals surface area contributed by atoms with Crippen LogP contribution in [-0.4, -0.2) is 6.61 Å². The lowest BCUT2D eigenvalue weighted by Gasteiger charge is -2.29. The zero-order valence-electron chi connectivity index (χ0n) is 13.5. The second-order valence-electron chi connectivity index (χ2n) is 6.32. The molecule has 22 heavy (non-hydrogen) atoms. The maximum Gasteiger partial charge on any atom is 0.208 e. The van der Waals surface area contributed by atoms with E-state index in [1.165, 1.54) is 32.1 Å². The normalized spacial score (nSPS) is 22.1. The Balaban J connectivity index is 1.95.